The highest BCUT2D eigenvalue weighted by Crippen LogP contribution is 2.17. The lowest BCUT2D eigenvalue weighted by Crippen LogP contribution is -2.02. The van der Waals surface area contributed by atoms with Crippen LogP contribution in [0.3, 0.4) is 0 Å². The van der Waals surface area contributed by atoms with Crippen LogP contribution in [-0.2, 0) is 13.5 Å². The molecule has 0 aliphatic carbocycles. The predicted octanol–water partition coefficient (Wildman–Crippen LogP) is 1.11. The van der Waals surface area contributed by atoms with E-state index < -0.39 is 0 Å². The third kappa shape index (κ3) is 2.69. The second kappa shape index (κ2) is 4.31. The quantitative estimate of drug-likeness (QED) is 0.814. The fourth-order valence-electron chi connectivity index (χ4n) is 1.30. The van der Waals surface area contributed by atoms with Crippen molar-refractivity contribution in [2.75, 3.05) is 17.6 Å². The molecule has 2 aromatic rings. The van der Waals surface area contributed by atoms with Crippen LogP contribution in [0.15, 0.2) is 18.5 Å². The molecule has 0 aromatic carbocycles. The first-order valence-electron chi connectivity index (χ1n) is 4.67. The average Bonchev–Trinajstić information content (AvgIpc) is 2.76. The fraction of sp³-hybridized carbons (Fsp3) is 0.333. The molecule has 0 amide bonds. The number of aryl methyl sites for hydroxylation is 1. The molecule has 0 saturated heterocycles. The minimum Gasteiger partial charge on any atom is -0.383 e. The van der Waals surface area contributed by atoms with E-state index in [-0.39, 0.29) is 0 Å². The van der Waals surface area contributed by atoms with Crippen molar-refractivity contribution in [3.8, 4) is 0 Å². The van der Waals surface area contributed by atoms with Crippen LogP contribution in [0.4, 0.5) is 10.8 Å². The van der Waals surface area contributed by atoms with Crippen LogP contribution >= 0.6 is 11.5 Å². The number of nitrogen functional groups attached to an aromatic ring is 1. The van der Waals surface area contributed by atoms with Crippen LogP contribution in [0.5, 0.6) is 0 Å². The molecule has 5 nitrogen and oxygen atoms in total. The highest BCUT2D eigenvalue weighted by atomic mass is 32.1. The molecular formula is C9H13N5S. The highest BCUT2D eigenvalue weighted by molar-refractivity contribution is 7.10. The van der Waals surface area contributed by atoms with E-state index in [2.05, 4.69) is 14.8 Å². The van der Waals surface area contributed by atoms with Gasteiger partial charge in [-0.3, -0.25) is 4.68 Å². The third-order valence-corrected chi connectivity index (χ3v) is 2.76. The van der Waals surface area contributed by atoms with Gasteiger partial charge in [0.15, 0.2) is 0 Å². The van der Waals surface area contributed by atoms with Crippen molar-refractivity contribution in [1.29, 1.82) is 0 Å². The van der Waals surface area contributed by atoms with Crippen molar-refractivity contribution in [1.82, 2.24) is 14.2 Å². The Kier molecular flexibility index (Phi) is 2.86. The number of nitrogens with one attached hydrogen (secondary N) is 1. The average molecular weight is 223 g/mol. The largest absolute Gasteiger partial charge is 0.383 e. The monoisotopic (exact) mass is 223 g/mol. The molecule has 15 heavy (non-hydrogen) atoms. The lowest BCUT2D eigenvalue weighted by molar-refractivity contribution is 0.767. The Morgan fingerprint density at radius 1 is 1.60 bits per heavy atom. The Labute approximate surface area is 92.1 Å². The van der Waals surface area contributed by atoms with Gasteiger partial charge in [0.25, 0.3) is 0 Å². The van der Waals surface area contributed by atoms with Gasteiger partial charge in [0.2, 0.25) is 0 Å². The molecule has 2 heterocycles. The zero-order valence-corrected chi connectivity index (χ0v) is 9.29. The van der Waals surface area contributed by atoms with E-state index in [0.29, 0.717) is 5.82 Å². The summed E-state index contributed by atoms with van der Waals surface area (Å²) in [5.74, 6) is 0.573. The number of anilines is 2. The Morgan fingerprint density at radius 2 is 2.47 bits per heavy atom. The Balaban J connectivity index is 1.80. The second-order valence-corrected chi connectivity index (χ2v) is 4.12. The third-order valence-electron chi connectivity index (χ3n) is 2.00. The Bertz CT molecular complexity index is 393. The molecule has 0 aliphatic rings. The molecule has 0 spiro atoms. The summed E-state index contributed by atoms with van der Waals surface area (Å²) in [6.45, 7) is 0.868. The van der Waals surface area contributed by atoms with Crippen molar-refractivity contribution in [3.05, 3.63) is 24.0 Å². The molecule has 0 atom stereocenters. The van der Waals surface area contributed by atoms with Crippen molar-refractivity contribution < 1.29 is 0 Å². The molecule has 0 bridgehead atoms. The maximum Gasteiger partial charge on any atom is 0.139 e. The molecule has 0 aliphatic heterocycles. The molecule has 6 heteroatoms. The van der Waals surface area contributed by atoms with Gasteiger partial charge in [0.1, 0.15) is 10.8 Å². The zero-order chi connectivity index (χ0) is 10.7. The van der Waals surface area contributed by atoms with E-state index in [0.717, 1.165) is 18.0 Å². The van der Waals surface area contributed by atoms with Crippen LogP contribution in [-0.4, -0.2) is 20.7 Å². The smallest absolute Gasteiger partial charge is 0.139 e. The van der Waals surface area contributed by atoms with E-state index in [9.17, 15) is 0 Å². The molecular weight excluding hydrogens is 210 g/mol. The summed E-state index contributed by atoms with van der Waals surface area (Å²) in [5.41, 5.74) is 6.74. The van der Waals surface area contributed by atoms with E-state index in [1.54, 1.807) is 4.68 Å². The maximum absolute atomic E-state index is 5.51. The molecule has 2 aromatic heterocycles. The molecule has 80 valence electrons. The number of hydrogen-bond acceptors (Lipinski definition) is 5. The normalized spacial score (nSPS) is 10.5. The van der Waals surface area contributed by atoms with Gasteiger partial charge in [-0.2, -0.15) is 9.47 Å². The van der Waals surface area contributed by atoms with Gasteiger partial charge in [-0.1, -0.05) is 0 Å². The summed E-state index contributed by atoms with van der Waals surface area (Å²) in [5, 5.41) is 8.38. The summed E-state index contributed by atoms with van der Waals surface area (Å²) in [6.07, 6.45) is 4.84. The standard InChI is InChI=1S/C9H13N5S/c1-14-6-7(5-12-14)2-3-11-9-4-8(10)13-15-9/h4-6,11H,2-3H2,1H3,(H2,10,13). The van der Waals surface area contributed by atoms with E-state index in [4.69, 9.17) is 5.73 Å². The van der Waals surface area contributed by atoms with E-state index in [1.165, 1.54) is 17.1 Å². The predicted molar refractivity (Wildman–Crippen MR) is 61.9 cm³/mol. The Hall–Kier alpha value is -1.56. The molecule has 0 fully saturated rings. The topological polar surface area (TPSA) is 68.8 Å². The summed E-state index contributed by atoms with van der Waals surface area (Å²) >= 11 is 1.38. The van der Waals surface area contributed by atoms with Crippen LogP contribution in [0.1, 0.15) is 5.56 Å². The number of aromatic nitrogens is 3. The number of rotatable bonds is 4. The van der Waals surface area contributed by atoms with Crippen LogP contribution in [0.2, 0.25) is 0 Å². The fourth-order valence-corrected chi connectivity index (χ4v) is 1.90. The van der Waals surface area contributed by atoms with Crippen LogP contribution in [0, 0.1) is 0 Å². The summed E-state index contributed by atoms with van der Waals surface area (Å²) in [6, 6.07) is 1.84. The summed E-state index contributed by atoms with van der Waals surface area (Å²) in [7, 11) is 1.92. The van der Waals surface area contributed by atoms with Gasteiger partial charge in [0, 0.05) is 25.9 Å². The first-order valence-corrected chi connectivity index (χ1v) is 5.45. The van der Waals surface area contributed by atoms with E-state index in [1.807, 2.05) is 25.5 Å². The zero-order valence-electron chi connectivity index (χ0n) is 8.47. The highest BCUT2D eigenvalue weighted by Gasteiger charge is 1.99. The minimum absolute atomic E-state index is 0.573. The molecule has 2 rings (SSSR count). The molecule has 0 radical (unpaired) electrons. The first-order chi connectivity index (χ1) is 7.24. The van der Waals surface area contributed by atoms with Gasteiger partial charge in [-0.15, -0.1) is 0 Å². The van der Waals surface area contributed by atoms with E-state index >= 15 is 0 Å². The molecule has 0 unspecified atom stereocenters. The SMILES string of the molecule is Cn1cc(CCNc2cc(N)ns2)cn1. The summed E-state index contributed by atoms with van der Waals surface area (Å²) < 4.78 is 5.79. The van der Waals surface area contributed by atoms with Gasteiger partial charge in [-0.05, 0) is 23.5 Å². The van der Waals surface area contributed by atoms with Gasteiger partial charge < -0.3 is 11.1 Å². The van der Waals surface area contributed by atoms with Gasteiger partial charge >= 0.3 is 0 Å². The minimum atomic E-state index is 0.573. The maximum atomic E-state index is 5.51. The van der Waals surface area contributed by atoms with Crippen LogP contribution in [0.25, 0.3) is 0 Å². The lowest BCUT2D eigenvalue weighted by Gasteiger charge is -1.99. The Morgan fingerprint density at radius 3 is 3.07 bits per heavy atom. The van der Waals surface area contributed by atoms with Gasteiger partial charge in [-0.25, -0.2) is 0 Å². The molecule has 0 saturated carbocycles. The number of nitrogens with zero attached hydrogens (tertiary/aromatic N) is 3. The van der Waals surface area contributed by atoms with Crippen molar-refractivity contribution >= 4 is 22.4 Å². The number of nitrogens with two attached hydrogens (primary N) is 1. The van der Waals surface area contributed by atoms with Crippen LogP contribution < -0.4 is 11.1 Å². The summed E-state index contributed by atoms with van der Waals surface area (Å²) in [4.78, 5) is 0. The number of hydrogen-bond donors (Lipinski definition) is 2. The first kappa shape index (κ1) is 9.97. The molecule has 3 N–H and O–H groups in total. The van der Waals surface area contributed by atoms with Crippen molar-refractivity contribution in [2.45, 2.75) is 6.42 Å². The second-order valence-electron chi connectivity index (χ2n) is 3.32. The van der Waals surface area contributed by atoms with Crippen molar-refractivity contribution in [2.24, 2.45) is 7.05 Å². The lowest BCUT2D eigenvalue weighted by atomic mass is 10.2. The van der Waals surface area contributed by atoms with Crippen molar-refractivity contribution in [3.63, 3.8) is 0 Å². The van der Waals surface area contributed by atoms with Gasteiger partial charge in [0.05, 0.1) is 6.20 Å².